The summed E-state index contributed by atoms with van der Waals surface area (Å²) in [5.41, 5.74) is -0.772. The van der Waals surface area contributed by atoms with Crippen molar-refractivity contribution in [3.05, 3.63) is 20.1 Å². The molecule has 0 radical (unpaired) electrons. The first-order chi connectivity index (χ1) is 7.95. The van der Waals surface area contributed by atoms with Crippen LogP contribution in [0.1, 0.15) is 6.92 Å². The van der Waals surface area contributed by atoms with Gasteiger partial charge in [-0.05, 0) is 6.92 Å². The van der Waals surface area contributed by atoms with Gasteiger partial charge in [-0.2, -0.15) is 3.96 Å². The normalized spacial score (nSPS) is 9.88. The van der Waals surface area contributed by atoms with Crippen LogP contribution in [-0.4, -0.2) is 21.6 Å². The van der Waals surface area contributed by atoms with Crippen LogP contribution in [0.5, 0.6) is 5.19 Å². The zero-order valence-electron chi connectivity index (χ0n) is 8.37. The molecule has 0 unspecified atom stereocenters. The highest BCUT2D eigenvalue weighted by atomic mass is 35.5. The van der Waals surface area contributed by atoms with Gasteiger partial charge in [0.2, 0.25) is 0 Å². The first-order valence-corrected chi connectivity index (χ1v) is 6.11. The second-order valence-corrected chi connectivity index (χ2v) is 4.71. The van der Waals surface area contributed by atoms with Crippen LogP contribution in [0.2, 0.25) is 0 Å². The van der Waals surface area contributed by atoms with E-state index in [0.717, 1.165) is 15.5 Å². The minimum absolute atomic E-state index is 0.0877. The standard InChI is InChI=1S/C7H6Cl3N3O3S/c1-2-16-7-12-6(15)13(17-7)5(14)11-4(10)3(8)9/h2H2,1H3,(H,11,14). The Bertz CT molecular complexity index is 506. The highest BCUT2D eigenvalue weighted by Gasteiger charge is 2.15. The highest BCUT2D eigenvalue weighted by molar-refractivity contribution is 7.09. The van der Waals surface area contributed by atoms with Crippen LogP contribution >= 0.6 is 46.3 Å². The van der Waals surface area contributed by atoms with Crippen LogP contribution in [-0.2, 0) is 0 Å². The fourth-order valence-electron chi connectivity index (χ4n) is 0.763. The number of carbonyl (C=O) groups is 1. The Balaban J connectivity index is 2.90. The maximum absolute atomic E-state index is 11.5. The Kier molecular flexibility index (Phi) is 5.26. The van der Waals surface area contributed by atoms with E-state index >= 15 is 0 Å². The average molecular weight is 319 g/mol. The number of rotatable bonds is 3. The van der Waals surface area contributed by atoms with Crippen molar-refractivity contribution in [3.63, 3.8) is 0 Å². The summed E-state index contributed by atoms with van der Waals surface area (Å²) in [6.45, 7) is 2.06. The molecule has 94 valence electrons. The van der Waals surface area contributed by atoms with E-state index in [9.17, 15) is 9.59 Å². The molecule has 1 aromatic rings. The number of halogens is 3. The molecule has 0 fully saturated rings. The van der Waals surface area contributed by atoms with Gasteiger partial charge in [0, 0.05) is 11.5 Å². The molecule has 0 aliphatic rings. The molecule has 0 aliphatic heterocycles. The summed E-state index contributed by atoms with van der Waals surface area (Å²) in [5, 5.41) is 1.92. The zero-order chi connectivity index (χ0) is 13.0. The predicted molar refractivity (Wildman–Crippen MR) is 66.1 cm³/mol. The number of ether oxygens (including phenoxy) is 1. The van der Waals surface area contributed by atoms with E-state index in [4.69, 9.17) is 39.5 Å². The molecule has 0 spiro atoms. The minimum atomic E-state index is -0.817. The van der Waals surface area contributed by atoms with Gasteiger partial charge in [-0.3, -0.25) is 5.32 Å². The average Bonchev–Trinajstić information content (AvgIpc) is 2.59. The van der Waals surface area contributed by atoms with Gasteiger partial charge in [0.1, 0.15) is 9.65 Å². The van der Waals surface area contributed by atoms with Crippen LogP contribution in [0.15, 0.2) is 14.4 Å². The molecule has 1 amide bonds. The van der Waals surface area contributed by atoms with Gasteiger partial charge in [-0.1, -0.05) is 34.8 Å². The van der Waals surface area contributed by atoms with Crippen molar-refractivity contribution in [2.45, 2.75) is 6.92 Å². The predicted octanol–water partition coefficient (Wildman–Crippen LogP) is 2.10. The lowest BCUT2D eigenvalue weighted by Gasteiger charge is -2.01. The second-order valence-electron chi connectivity index (χ2n) is 2.48. The number of aromatic nitrogens is 2. The van der Waals surface area contributed by atoms with Crippen LogP contribution in [0.3, 0.4) is 0 Å². The van der Waals surface area contributed by atoms with Gasteiger partial charge in [0.05, 0.1) is 6.61 Å². The van der Waals surface area contributed by atoms with Crippen LogP contribution in [0.4, 0.5) is 4.79 Å². The Hall–Kier alpha value is -0.760. The van der Waals surface area contributed by atoms with Gasteiger partial charge in [0.15, 0.2) is 0 Å². The van der Waals surface area contributed by atoms with Crippen molar-refractivity contribution in [1.82, 2.24) is 14.3 Å². The van der Waals surface area contributed by atoms with Gasteiger partial charge >= 0.3 is 11.7 Å². The molecule has 0 saturated carbocycles. The lowest BCUT2D eigenvalue weighted by atomic mass is 10.9. The van der Waals surface area contributed by atoms with Gasteiger partial charge in [-0.25, -0.2) is 9.59 Å². The van der Waals surface area contributed by atoms with Crippen LogP contribution in [0, 0.1) is 0 Å². The third-order valence-corrected chi connectivity index (χ3v) is 3.09. The van der Waals surface area contributed by atoms with Crippen molar-refractivity contribution in [2.75, 3.05) is 6.61 Å². The summed E-state index contributed by atoms with van der Waals surface area (Å²) in [6.07, 6.45) is 0. The molecule has 6 nitrogen and oxygen atoms in total. The van der Waals surface area contributed by atoms with E-state index in [2.05, 4.69) is 10.3 Å². The largest absolute Gasteiger partial charge is 0.469 e. The lowest BCUT2D eigenvalue weighted by Crippen LogP contribution is -2.32. The quantitative estimate of drug-likeness (QED) is 0.866. The molecule has 1 N–H and O–H groups in total. The molecule has 1 aromatic heterocycles. The summed E-state index contributed by atoms with van der Waals surface area (Å²) < 4.78 is 5.39. The molecule has 0 atom stereocenters. The number of hydrogen-bond acceptors (Lipinski definition) is 5. The maximum atomic E-state index is 11.5. The summed E-state index contributed by atoms with van der Waals surface area (Å²) >= 11 is 16.9. The van der Waals surface area contributed by atoms with Crippen molar-refractivity contribution >= 4 is 52.4 Å². The monoisotopic (exact) mass is 317 g/mol. The Labute approximate surface area is 115 Å². The van der Waals surface area contributed by atoms with Gasteiger partial charge in [0.25, 0.3) is 5.19 Å². The molecule has 1 rings (SSSR count). The number of nitrogens with zero attached hydrogens (tertiary/aromatic N) is 2. The van der Waals surface area contributed by atoms with Gasteiger partial charge in [-0.15, -0.1) is 4.98 Å². The van der Waals surface area contributed by atoms with Crippen molar-refractivity contribution in [2.24, 2.45) is 0 Å². The van der Waals surface area contributed by atoms with Crippen LogP contribution in [0.25, 0.3) is 0 Å². The summed E-state index contributed by atoms with van der Waals surface area (Å²) in [7, 11) is 0. The molecule has 0 bridgehead atoms. The Morgan fingerprint density at radius 3 is 2.71 bits per heavy atom. The van der Waals surface area contributed by atoms with Crippen molar-refractivity contribution in [1.29, 1.82) is 0 Å². The summed E-state index contributed by atoms with van der Waals surface area (Å²) in [4.78, 5) is 26.3. The molecule has 17 heavy (non-hydrogen) atoms. The number of amides is 1. The molecular formula is C7H6Cl3N3O3S. The maximum Gasteiger partial charge on any atom is 0.369 e. The van der Waals surface area contributed by atoms with E-state index in [0.29, 0.717) is 6.61 Å². The van der Waals surface area contributed by atoms with E-state index in [-0.39, 0.29) is 14.8 Å². The SMILES string of the molecule is CCOc1nc(=O)n(C(=O)NC(Cl)=C(Cl)Cl)s1. The third kappa shape index (κ3) is 3.88. The Morgan fingerprint density at radius 1 is 1.53 bits per heavy atom. The molecule has 0 aliphatic carbocycles. The van der Waals surface area contributed by atoms with Crippen molar-refractivity contribution in [3.8, 4) is 5.19 Å². The topological polar surface area (TPSA) is 73.2 Å². The fraction of sp³-hybridized carbons (Fsp3) is 0.286. The molecular weight excluding hydrogens is 313 g/mol. The number of hydrogen-bond donors (Lipinski definition) is 1. The van der Waals surface area contributed by atoms with E-state index in [1.54, 1.807) is 6.92 Å². The number of carbonyl (C=O) groups excluding carboxylic acids is 1. The fourth-order valence-corrected chi connectivity index (χ4v) is 1.63. The van der Waals surface area contributed by atoms with Crippen molar-refractivity contribution < 1.29 is 9.53 Å². The van der Waals surface area contributed by atoms with Crippen LogP contribution < -0.4 is 15.7 Å². The van der Waals surface area contributed by atoms with E-state index < -0.39 is 11.7 Å². The smallest absolute Gasteiger partial charge is 0.369 e. The zero-order valence-corrected chi connectivity index (χ0v) is 11.5. The third-order valence-electron chi connectivity index (χ3n) is 1.36. The first-order valence-electron chi connectivity index (χ1n) is 4.21. The lowest BCUT2D eigenvalue weighted by molar-refractivity contribution is 0.246. The highest BCUT2D eigenvalue weighted by Crippen LogP contribution is 2.16. The summed E-state index contributed by atoms with van der Waals surface area (Å²) in [6, 6.07) is -0.817. The molecule has 1 heterocycles. The minimum Gasteiger partial charge on any atom is -0.469 e. The van der Waals surface area contributed by atoms with E-state index in [1.807, 2.05) is 0 Å². The number of nitrogens with one attached hydrogen (secondary N) is 1. The van der Waals surface area contributed by atoms with Gasteiger partial charge < -0.3 is 4.74 Å². The first kappa shape index (κ1) is 14.3. The Morgan fingerprint density at radius 2 is 2.18 bits per heavy atom. The second kappa shape index (κ2) is 6.25. The summed E-state index contributed by atoms with van der Waals surface area (Å²) in [5.74, 6) is 0. The van der Waals surface area contributed by atoms with E-state index in [1.165, 1.54) is 0 Å². The molecule has 0 saturated heterocycles. The molecule has 0 aromatic carbocycles. The molecule has 10 heteroatoms.